The van der Waals surface area contributed by atoms with E-state index < -0.39 is 0 Å². The molecule has 2 rings (SSSR count). The molecule has 1 fully saturated rings. The van der Waals surface area contributed by atoms with Crippen molar-refractivity contribution in [2.24, 2.45) is 5.92 Å². The summed E-state index contributed by atoms with van der Waals surface area (Å²) in [5, 5.41) is 3.14. The minimum atomic E-state index is 0.317. The Bertz CT molecular complexity index is 348. The van der Waals surface area contributed by atoms with Crippen LogP contribution in [0.25, 0.3) is 0 Å². The van der Waals surface area contributed by atoms with Crippen molar-refractivity contribution in [1.82, 2.24) is 9.97 Å². The summed E-state index contributed by atoms with van der Waals surface area (Å²) in [6, 6.07) is 0. The van der Waals surface area contributed by atoms with Gasteiger partial charge in [-0.05, 0) is 38.5 Å². The Morgan fingerprint density at radius 2 is 2.06 bits per heavy atom. The van der Waals surface area contributed by atoms with Crippen LogP contribution in [0.2, 0.25) is 0 Å². The summed E-state index contributed by atoms with van der Waals surface area (Å²) in [5.74, 6) is 2.27. The van der Waals surface area contributed by atoms with E-state index in [1.54, 1.807) is 12.4 Å². The predicted octanol–water partition coefficient (Wildman–Crippen LogP) is 2.87. The minimum absolute atomic E-state index is 0.317. The molecule has 1 heterocycles. The molecule has 1 aromatic heterocycles. The van der Waals surface area contributed by atoms with E-state index in [-0.39, 0.29) is 0 Å². The molecule has 1 aliphatic carbocycles. The number of rotatable bonds is 4. The second kappa shape index (κ2) is 5.84. The number of hydrogen-bond donors (Lipinski definition) is 1. The smallest absolute Gasteiger partial charge is 0.234 e. The quantitative estimate of drug-likeness (QED) is 0.871. The highest BCUT2D eigenvalue weighted by Gasteiger charge is 2.19. The molecule has 4 heteroatoms. The van der Waals surface area contributed by atoms with Gasteiger partial charge in [-0.2, -0.15) is 4.98 Å². The van der Waals surface area contributed by atoms with Gasteiger partial charge in [0.1, 0.15) is 11.9 Å². The standard InChI is InChI=1S/C13H21N3O/c1-3-15-12-8-14-9-13(16-12)17-11-6-4-10(2)5-7-11/h8-11H,3-7H2,1-2H3,(H,15,16). The summed E-state index contributed by atoms with van der Waals surface area (Å²) in [6.45, 7) is 5.19. The zero-order valence-corrected chi connectivity index (χ0v) is 10.6. The molecular formula is C13H21N3O. The van der Waals surface area contributed by atoms with Crippen molar-refractivity contribution >= 4 is 5.82 Å². The van der Waals surface area contributed by atoms with Crippen LogP contribution in [0.1, 0.15) is 39.5 Å². The lowest BCUT2D eigenvalue weighted by Gasteiger charge is -2.26. The molecule has 0 aromatic carbocycles. The van der Waals surface area contributed by atoms with E-state index in [4.69, 9.17) is 4.74 Å². The molecule has 0 saturated heterocycles. The number of ether oxygens (including phenoxy) is 1. The van der Waals surface area contributed by atoms with E-state index in [0.717, 1.165) is 31.1 Å². The molecule has 0 radical (unpaired) electrons. The van der Waals surface area contributed by atoms with Gasteiger partial charge in [0.25, 0.3) is 0 Å². The average Bonchev–Trinajstić information content (AvgIpc) is 2.33. The van der Waals surface area contributed by atoms with Gasteiger partial charge in [-0.25, -0.2) is 0 Å². The molecule has 1 saturated carbocycles. The van der Waals surface area contributed by atoms with Crippen molar-refractivity contribution in [2.75, 3.05) is 11.9 Å². The van der Waals surface area contributed by atoms with E-state index in [1.165, 1.54) is 12.8 Å². The fourth-order valence-electron chi connectivity index (χ4n) is 2.19. The van der Waals surface area contributed by atoms with Crippen LogP contribution in [-0.4, -0.2) is 22.6 Å². The lowest BCUT2D eigenvalue weighted by Crippen LogP contribution is -2.23. The van der Waals surface area contributed by atoms with Crippen LogP contribution in [0.3, 0.4) is 0 Å². The largest absolute Gasteiger partial charge is 0.473 e. The molecule has 4 nitrogen and oxygen atoms in total. The number of hydrogen-bond acceptors (Lipinski definition) is 4. The van der Waals surface area contributed by atoms with Crippen molar-refractivity contribution in [2.45, 2.75) is 45.6 Å². The maximum absolute atomic E-state index is 5.88. The van der Waals surface area contributed by atoms with E-state index in [9.17, 15) is 0 Å². The Morgan fingerprint density at radius 3 is 2.76 bits per heavy atom. The van der Waals surface area contributed by atoms with Gasteiger partial charge >= 0.3 is 0 Å². The van der Waals surface area contributed by atoms with Crippen LogP contribution in [0, 0.1) is 5.92 Å². The first-order chi connectivity index (χ1) is 8.28. The highest BCUT2D eigenvalue weighted by molar-refractivity contribution is 5.32. The molecule has 0 atom stereocenters. The predicted molar refractivity (Wildman–Crippen MR) is 68.2 cm³/mol. The van der Waals surface area contributed by atoms with E-state index in [2.05, 4.69) is 22.2 Å². The molecule has 1 aromatic rings. The first kappa shape index (κ1) is 12.1. The zero-order chi connectivity index (χ0) is 12.1. The number of anilines is 1. The Hall–Kier alpha value is -1.32. The fourth-order valence-corrected chi connectivity index (χ4v) is 2.19. The Balaban J connectivity index is 1.91. The Kier molecular flexibility index (Phi) is 4.18. The third-order valence-corrected chi connectivity index (χ3v) is 3.22. The van der Waals surface area contributed by atoms with Gasteiger partial charge < -0.3 is 10.1 Å². The third kappa shape index (κ3) is 3.58. The normalized spacial score (nSPS) is 24.4. The first-order valence-electron chi connectivity index (χ1n) is 6.50. The summed E-state index contributed by atoms with van der Waals surface area (Å²) in [7, 11) is 0. The lowest BCUT2D eigenvalue weighted by atomic mass is 9.89. The number of aromatic nitrogens is 2. The summed E-state index contributed by atoms with van der Waals surface area (Å²) in [5.41, 5.74) is 0. The molecule has 0 spiro atoms. The van der Waals surface area contributed by atoms with Gasteiger partial charge in [0.05, 0.1) is 12.4 Å². The van der Waals surface area contributed by atoms with Crippen LogP contribution in [0.4, 0.5) is 5.82 Å². The van der Waals surface area contributed by atoms with Gasteiger partial charge in [0, 0.05) is 6.54 Å². The van der Waals surface area contributed by atoms with Crippen LogP contribution >= 0.6 is 0 Å². The van der Waals surface area contributed by atoms with Crippen LogP contribution in [0.5, 0.6) is 5.88 Å². The van der Waals surface area contributed by atoms with Gasteiger partial charge in [-0.15, -0.1) is 0 Å². The maximum Gasteiger partial charge on any atom is 0.234 e. The number of nitrogens with zero attached hydrogens (tertiary/aromatic N) is 2. The van der Waals surface area contributed by atoms with Crippen molar-refractivity contribution in [3.63, 3.8) is 0 Å². The summed E-state index contributed by atoms with van der Waals surface area (Å²) >= 11 is 0. The molecule has 17 heavy (non-hydrogen) atoms. The molecular weight excluding hydrogens is 214 g/mol. The summed E-state index contributed by atoms with van der Waals surface area (Å²) < 4.78 is 5.88. The van der Waals surface area contributed by atoms with Crippen LogP contribution in [0.15, 0.2) is 12.4 Å². The Labute approximate surface area is 103 Å². The SMILES string of the molecule is CCNc1cncc(OC2CCC(C)CC2)n1. The lowest BCUT2D eigenvalue weighted by molar-refractivity contribution is 0.130. The fraction of sp³-hybridized carbons (Fsp3) is 0.692. The molecule has 0 amide bonds. The summed E-state index contributed by atoms with van der Waals surface area (Å²) in [6.07, 6.45) is 8.51. The summed E-state index contributed by atoms with van der Waals surface area (Å²) in [4.78, 5) is 8.51. The highest BCUT2D eigenvalue weighted by atomic mass is 16.5. The maximum atomic E-state index is 5.88. The second-order valence-corrected chi connectivity index (χ2v) is 4.77. The van der Waals surface area contributed by atoms with Crippen molar-refractivity contribution in [3.05, 3.63) is 12.4 Å². The molecule has 1 N–H and O–H groups in total. The molecule has 0 bridgehead atoms. The first-order valence-corrected chi connectivity index (χ1v) is 6.50. The van der Waals surface area contributed by atoms with Gasteiger partial charge in [-0.3, -0.25) is 4.98 Å². The minimum Gasteiger partial charge on any atom is -0.473 e. The van der Waals surface area contributed by atoms with E-state index in [0.29, 0.717) is 12.0 Å². The van der Waals surface area contributed by atoms with E-state index in [1.807, 2.05) is 6.92 Å². The van der Waals surface area contributed by atoms with Gasteiger partial charge in [-0.1, -0.05) is 6.92 Å². The van der Waals surface area contributed by atoms with Crippen molar-refractivity contribution < 1.29 is 4.74 Å². The zero-order valence-electron chi connectivity index (χ0n) is 10.6. The van der Waals surface area contributed by atoms with E-state index >= 15 is 0 Å². The molecule has 1 aliphatic rings. The molecule has 94 valence electrons. The van der Waals surface area contributed by atoms with Crippen LogP contribution < -0.4 is 10.1 Å². The Morgan fingerprint density at radius 1 is 1.29 bits per heavy atom. The number of nitrogens with one attached hydrogen (secondary N) is 1. The van der Waals surface area contributed by atoms with Crippen molar-refractivity contribution in [1.29, 1.82) is 0 Å². The third-order valence-electron chi connectivity index (χ3n) is 3.22. The highest BCUT2D eigenvalue weighted by Crippen LogP contribution is 2.26. The topological polar surface area (TPSA) is 47.0 Å². The van der Waals surface area contributed by atoms with Crippen LogP contribution in [-0.2, 0) is 0 Å². The van der Waals surface area contributed by atoms with Gasteiger partial charge in [0.15, 0.2) is 0 Å². The van der Waals surface area contributed by atoms with Gasteiger partial charge in [0.2, 0.25) is 5.88 Å². The molecule has 0 aliphatic heterocycles. The van der Waals surface area contributed by atoms with Crippen molar-refractivity contribution in [3.8, 4) is 5.88 Å². The molecule has 0 unspecified atom stereocenters. The monoisotopic (exact) mass is 235 g/mol. The average molecular weight is 235 g/mol. The second-order valence-electron chi connectivity index (χ2n) is 4.77.